The molecule has 94 valence electrons. The second-order valence-electron chi connectivity index (χ2n) is 4.73. The van der Waals surface area contributed by atoms with Gasteiger partial charge in [0, 0.05) is 0 Å². The van der Waals surface area contributed by atoms with Crippen molar-refractivity contribution in [1.82, 2.24) is 5.32 Å². The summed E-state index contributed by atoms with van der Waals surface area (Å²) >= 11 is 0. The molecule has 0 bridgehead atoms. The largest absolute Gasteiger partial charge is 0.480 e. The molecule has 3 heteroatoms. The number of nitrogens with one attached hydrogen (secondary N) is 1. The van der Waals surface area contributed by atoms with Crippen molar-refractivity contribution in [3.8, 4) is 0 Å². The van der Waals surface area contributed by atoms with E-state index in [0.29, 0.717) is 6.54 Å². The van der Waals surface area contributed by atoms with Crippen LogP contribution in [0.5, 0.6) is 0 Å². The van der Waals surface area contributed by atoms with Crippen LogP contribution < -0.4 is 5.32 Å². The zero-order valence-electron chi connectivity index (χ0n) is 11.0. The standard InChI is InChI=1S/C14H21NO2/c1-5-6-15-14(4,13(16)17)12-8-10(2)7-11(3)9-12/h7-9,15H,5-6H2,1-4H3,(H,16,17). The van der Waals surface area contributed by atoms with Gasteiger partial charge in [0.05, 0.1) is 0 Å². The van der Waals surface area contributed by atoms with E-state index in [1.807, 2.05) is 39.0 Å². The number of hydrogen-bond acceptors (Lipinski definition) is 2. The van der Waals surface area contributed by atoms with Crippen LogP contribution in [0, 0.1) is 13.8 Å². The number of carboxylic acids is 1. The molecule has 0 saturated heterocycles. The SMILES string of the molecule is CCCNC(C)(C(=O)O)c1cc(C)cc(C)c1. The highest BCUT2D eigenvalue weighted by molar-refractivity contribution is 5.80. The Labute approximate surface area is 103 Å². The molecule has 0 aliphatic carbocycles. The highest BCUT2D eigenvalue weighted by Crippen LogP contribution is 2.23. The molecule has 0 spiro atoms. The minimum absolute atomic E-state index is 0.690. The molecule has 3 nitrogen and oxygen atoms in total. The smallest absolute Gasteiger partial charge is 0.328 e. The molecule has 0 aromatic heterocycles. The summed E-state index contributed by atoms with van der Waals surface area (Å²) in [4.78, 5) is 11.5. The molecule has 0 amide bonds. The summed E-state index contributed by atoms with van der Waals surface area (Å²) in [6, 6.07) is 5.92. The number of rotatable bonds is 5. The van der Waals surface area contributed by atoms with Gasteiger partial charge < -0.3 is 5.11 Å². The van der Waals surface area contributed by atoms with Gasteiger partial charge in [-0.05, 0) is 39.3 Å². The lowest BCUT2D eigenvalue weighted by atomic mass is 9.89. The maximum absolute atomic E-state index is 11.5. The van der Waals surface area contributed by atoms with Gasteiger partial charge in [-0.2, -0.15) is 0 Å². The third-order valence-corrected chi connectivity index (χ3v) is 2.96. The van der Waals surface area contributed by atoms with Crippen LogP contribution in [-0.4, -0.2) is 17.6 Å². The zero-order valence-corrected chi connectivity index (χ0v) is 11.0. The molecular formula is C14H21NO2. The average Bonchev–Trinajstić information content (AvgIpc) is 2.24. The van der Waals surface area contributed by atoms with Gasteiger partial charge in [0.15, 0.2) is 0 Å². The van der Waals surface area contributed by atoms with Gasteiger partial charge in [-0.15, -0.1) is 0 Å². The van der Waals surface area contributed by atoms with Crippen LogP contribution in [0.1, 0.15) is 37.0 Å². The van der Waals surface area contributed by atoms with Crippen molar-refractivity contribution in [3.63, 3.8) is 0 Å². The molecule has 1 aromatic carbocycles. The van der Waals surface area contributed by atoms with Crippen LogP contribution in [0.25, 0.3) is 0 Å². The van der Waals surface area contributed by atoms with E-state index in [-0.39, 0.29) is 0 Å². The van der Waals surface area contributed by atoms with Gasteiger partial charge in [0.2, 0.25) is 0 Å². The van der Waals surface area contributed by atoms with E-state index in [0.717, 1.165) is 23.1 Å². The van der Waals surface area contributed by atoms with E-state index in [4.69, 9.17) is 0 Å². The van der Waals surface area contributed by atoms with Crippen molar-refractivity contribution >= 4 is 5.97 Å². The van der Waals surface area contributed by atoms with Gasteiger partial charge in [-0.3, -0.25) is 5.32 Å². The molecule has 0 fully saturated rings. The van der Waals surface area contributed by atoms with Crippen LogP contribution in [0.3, 0.4) is 0 Å². The average molecular weight is 235 g/mol. The first-order chi connectivity index (χ1) is 7.90. The summed E-state index contributed by atoms with van der Waals surface area (Å²) in [6.45, 7) is 8.41. The highest BCUT2D eigenvalue weighted by Gasteiger charge is 2.34. The Hall–Kier alpha value is -1.35. The quantitative estimate of drug-likeness (QED) is 0.824. The molecule has 1 rings (SSSR count). The summed E-state index contributed by atoms with van der Waals surface area (Å²) in [5.74, 6) is -0.837. The van der Waals surface area contributed by atoms with E-state index < -0.39 is 11.5 Å². The molecule has 1 unspecified atom stereocenters. The van der Waals surface area contributed by atoms with Crippen LogP contribution >= 0.6 is 0 Å². The Morgan fingerprint density at radius 3 is 2.24 bits per heavy atom. The molecule has 2 N–H and O–H groups in total. The number of hydrogen-bond donors (Lipinski definition) is 2. The fraction of sp³-hybridized carbons (Fsp3) is 0.500. The third-order valence-electron chi connectivity index (χ3n) is 2.96. The number of carbonyl (C=O) groups is 1. The molecule has 0 aliphatic rings. The Kier molecular flexibility index (Phi) is 4.29. The van der Waals surface area contributed by atoms with Gasteiger partial charge >= 0.3 is 5.97 Å². The predicted molar refractivity (Wildman–Crippen MR) is 69.2 cm³/mol. The maximum atomic E-state index is 11.5. The minimum Gasteiger partial charge on any atom is -0.480 e. The lowest BCUT2D eigenvalue weighted by Gasteiger charge is -2.27. The van der Waals surface area contributed by atoms with E-state index in [9.17, 15) is 9.90 Å². The molecule has 1 atom stereocenters. The molecule has 0 saturated carbocycles. The molecule has 0 heterocycles. The first kappa shape index (κ1) is 13.7. The van der Waals surface area contributed by atoms with E-state index in [1.165, 1.54) is 0 Å². The van der Waals surface area contributed by atoms with Crippen molar-refractivity contribution in [2.24, 2.45) is 0 Å². The molecular weight excluding hydrogens is 214 g/mol. The van der Waals surface area contributed by atoms with Crippen molar-refractivity contribution < 1.29 is 9.90 Å². The van der Waals surface area contributed by atoms with Crippen molar-refractivity contribution in [2.45, 2.75) is 39.7 Å². The summed E-state index contributed by atoms with van der Waals surface area (Å²) in [7, 11) is 0. The maximum Gasteiger partial charge on any atom is 0.328 e. The first-order valence-electron chi connectivity index (χ1n) is 5.97. The van der Waals surface area contributed by atoms with Crippen LogP contribution in [0.4, 0.5) is 0 Å². The van der Waals surface area contributed by atoms with Crippen molar-refractivity contribution in [3.05, 3.63) is 34.9 Å². The molecule has 0 radical (unpaired) electrons. The number of benzene rings is 1. The van der Waals surface area contributed by atoms with Crippen LogP contribution in [0.2, 0.25) is 0 Å². The molecule has 17 heavy (non-hydrogen) atoms. The lowest BCUT2D eigenvalue weighted by molar-refractivity contribution is -0.144. The summed E-state index contributed by atoms with van der Waals surface area (Å²) in [6.07, 6.45) is 0.910. The fourth-order valence-electron chi connectivity index (χ4n) is 1.94. The number of aryl methyl sites for hydroxylation is 2. The van der Waals surface area contributed by atoms with Crippen LogP contribution in [-0.2, 0) is 10.3 Å². The normalized spacial score (nSPS) is 14.4. The fourth-order valence-corrected chi connectivity index (χ4v) is 1.94. The number of carboxylic acid groups (broad SMARTS) is 1. The Morgan fingerprint density at radius 2 is 1.82 bits per heavy atom. The number of aliphatic carboxylic acids is 1. The Morgan fingerprint density at radius 1 is 1.29 bits per heavy atom. The summed E-state index contributed by atoms with van der Waals surface area (Å²) in [5, 5.41) is 12.5. The second-order valence-corrected chi connectivity index (χ2v) is 4.73. The zero-order chi connectivity index (χ0) is 13.1. The minimum atomic E-state index is -1.01. The van der Waals surface area contributed by atoms with E-state index in [1.54, 1.807) is 6.92 Å². The predicted octanol–water partition coefficient (Wildman–Crippen LogP) is 2.60. The van der Waals surface area contributed by atoms with Gasteiger partial charge in [0.1, 0.15) is 5.54 Å². The monoisotopic (exact) mass is 235 g/mol. The van der Waals surface area contributed by atoms with E-state index >= 15 is 0 Å². The van der Waals surface area contributed by atoms with Crippen LogP contribution in [0.15, 0.2) is 18.2 Å². The topological polar surface area (TPSA) is 49.3 Å². The van der Waals surface area contributed by atoms with Gasteiger partial charge in [0.25, 0.3) is 0 Å². The highest BCUT2D eigenvalue weighted by atomic mass is 16.4. The summed E-state index contributed by atoms with van der Waals surface area (Å²) < 4.78 is 0. The van der Waals surface area contributed by atoms with Gasteiger partial charge in [-0.1, -0.05) is 36.2 Å². The van der Waals surface area contributed by atoms with Crippen molar-refractivity contribution in [1.29, 1.82) is 0 Å². The van der Waals surface area contributed by atoms with Crippen molar-refractivity contribution in [2.75, 3.05) is 6.54 Å². The molecule has 0 aliphatic heterocycles. The second kappa shape index (κ2) is 5.32. The first-order valence-corrected chi connectivity index (χ1v) is 5.97. The van der Waals surface area contributed by atoms with E-state index in [2.05, 4.69) is 5.32 Å². The Balaban J connectivity index is 3.17. The van der Waals surface area contributed by atoms with Gasteiger partial charge in [-0.25, -0.2) is 4.79 Å². The lowest BCUT2D eigenvalue weighted by Crippen LogP contribution is -2.47. The Bertz CT molecular complexity index is 394. The molecule has 1 aromatic rings. The summed E-state index contributed by atoms with van der Waals surface area (Å²) in [5.41, 5.74) is 1.99. The third kappa shape index (κ3) is 3.07.